The van der Waals surface area contributed by atoms with E-state index in [1.165, 1.54) is 52.9 Å². The molecule has 0 aliphatic carbocycles. The van der Waals surface area contributed by atoms with Crippen LogP contribution in [0.25, 0.3) is 10.2 Å². The molecule has 1 aromatic heterocycles. The summed E-state index contributed by atoms with van der Waals surface area (Å²) in [5.41, 5.74) is 0.768. The maximum atomic E-state index is 13.8. The molecule has 1 fully saturated rings. The average molecular weight is 435 g/mol. The second-order valence-electron chi connectivity index (χ2n) is 6.87. The number of carbonyl (C=O) groups excluding carboxylic acids is 1. The van der Waals surface area contributed by atoms with Gasteiger partial charge in [0.2, 0.25) is 10.0 Å². The number of carbonyl (C=O) groups is 1. The Balaban J connectivity index is 1.41. The SMILES string of the molecule is CC(=O)c1ccc(S(=O)(=O)N2CCC(Oc3nc4c(F)cccc4s3)CC2)cc1. The van der Waals surface area contributed by atoms with Crippen LogP contribution in [-0.4, -0.2) is 42.7 Å². The van der Waals surface area contributed by atoms with Crippen molar-refractivity contribution in [3.8, 4) is 5.19 Å². The van der Waals surface area contributed by atoms with E-state index in [2.05, 4.69) is 4.98 Å². The molecule has 0 N–H and O–H groups in total. The molecule has 1 saturated heterocycles. The summed E-state index contributed by atoms with van der Waals surface area (Å²) in [5, 5.41) is 0.395. The van der Waals surface area contributed by atoms with Crippen molar-refractivity contribution in [3.63, 3.8) is 0 Å². The molecule has 0 bridgehead atoms. The van der Waals surface area contributed by atoms with Gasteiger partial charge >= 0.3 is 0 Å². The van der Waals surface area contributed by atoms with Crippen molar-refractivity contribution in [1.82, 2.24) is 9.29 Å². The smallest absolute Gasteiger partial charge is 0.274 e. The van der Waals surface area contributed by atoms with Crippen LogP contribution >= 0.6 is 11.3 Å². The van der Waals surface area contributed by atoms with Gasteiger partial charge in [-0.15, -0.1) is 0 Å². The minimum Gasteiger partial charge on any atom is -0.467 e. The van der Waals surface area contributed by atoms with Gasteiger partial charge in [-0.1, -0.05) is 29.5 Å². The van der Waals surface area contributed by atoms with Gasteiger partial charge in [0.15, 0.2) is 5.78 Å². The van der Waals surface area contributed by atoms with E-state index in [1.54, 1.807) is 12.1 Å². The maximum Gasteiger partial charge on any atom is 0.274 e. The third-order valence-corrected chi connectivity index (χ3v) is 7.74. The monoisotopic (exact) mass is 434 g/mol. The number of hydrogen-bond acceptors (Lipinski definition) is 6. The molecule has 152 valence electrons. The molecule has 0 amide bonds. The molecule has 29 heavy (non-hydrogen) atoms. The number of ether oxygens (including phenoxy) is 1. The number of halogens is 1. The lowest BCUT2D eigenvalue weighted by Gasteiger charge is -2.30. The molecule has 1 aliphatic heterocycles. The number of sulfonamides is 1. The van der Waals surface area contributed by atoms with Gasteiger partial charge < -0.3 is 4.74 Å². The van der Waals surface area contributed by atoms with Crippen LogP contribution in [0.1, 0.15) is 30.1 Å². The number of hydrogen-bond donors (Lipinski definition) is 0. The number of para-hydroxylation sites is 1. The second-order valence-corrected chi connectivity index (χ2v) is 9.80. The van der Waals surface area contributed by atoms with Crippen molar-refractivity contribution < 1.29 is 22.3 Å². The fourth-order valence-electron chi connectivity index (χ4n) is 3.29. The van der Waals surface area contributed by atoms with Crippen molar-refractivity contribution in [2.24, 2.45) is 0 Å². The number of aromatic nitrogens is 1. The molecule has 0 atom stereocenters. The van der Waals surface area contributed by atoms with Crippen molar-refractivity contribution in [2.45, 2.75) is 30.8 Å². The summed E-state index contributed by atoms with van der Waals surface area (Å²) in [4.78, 5) is 15.7. The van der Waals surface area contributed by atoms with E-state index in [4.69, 9.17) is 4.74 Å². The van der Waals surface area contributed by atoms with Crippen LogP contribution in [0.5, 0.6) is 5.19 Å². The van der Waals surface area contributed by atoms with Crippen LogP contribution in [0.4, 0.5) is 4.39 Å². The fourth-order valence-corrected chi connectivity index (χ4v) is 5.65. The minimum absolute atomic E-state index is 0.110. The Morgan fingerprint density at radius 2 is 1.86 bits per heavy atom. The molecule has 0 radical (unpaired) electrons. The zero-order valence-corrected chi connectivity index (χ0v) is 17.3. The lowest BCUT2D eigenvalue weighted by molar-refractivity contribution is 0.101. The number of benzene rings is 2. The zero-order valence-electron chi connectivity index (χ0n) is 15.7. The summed E-state index contributed by atoms with van der Waals surface area (Å²) in [6, 6.07) is 10.8. The third-order valence-electron chi connectivity index (χ3n) is 4.92. The lowest BCUT2D eigenvalue weighted by Crippen LogP contribution is -2.41. The number of ketones is 1. The van der Waals surface area contributed by atoms with Gasteiger partial charge in [-0.05, 0) is 44.0 Å². The highest BCUT2D eigenvalue weighted by Gasteiger charge is 2.30. The molecule has 0 unspecified atom stereocenters. The molecule has 3 aromatic rings. The van der Waals surface area contributed by atoms with E-state index >= 15 is 0 Å². The molecular formula is C20H19FN2O4S2. The van der Waals surface area contributed by atoms with Crippen LogP contribution in [0.15, 0.2) is 47.4 Å². The summed E-state index contributed by atoms with van der Waals surface area (Å²) >= 11 is 1.28. The summed E-state index contributed by atoms with van der Waals surface area (Å²) in [5.74, 6) is -0.494. The summed E-state index contributed by atoms with van der Waals surface area (Å²) in [6.45, 7) is 2.08. The summed E-state index contributed by atoms with van der Waals surface area (Å²) in [6.07, 6.45) is 0.858. The average Bonchev–Trinajstić information content (AvgIpc) is 3.12. The molecule has 0 saturated carbocycles. The number of piperidine rings is 1. The minimum atomic E-state index is -3.62. The first-order chi connectivity index (χ1) is 13.8. The first kappa shape index (κ1) is 19.9. The summed E-state index contributed by atoms with van der Waals surface area (Å²) < 4.78 is 47.5. The van der Waals surface area contributed by atoms with Crippen molar-refractivity contribution in [1.29, 1.82) is 0 Å². The molecular weight excluding hydrogens is 415 g/mol. The van der Waals surface area contributed by atoms with Gasteiger partial charge in [0, 0.05) is 18.7 Å². The number of Topliss-reactive ketones (excluding diaryl/α,β-unsaturated/α-hetero) is 1. The molecule has 2 heterocycles. The Labute approximate surface area is 172 Å². The second kappa shape index (κ2) is 7.81. The Morgan fingerprint density at radius 1 is 1.17 bits per heavy atom. The van der Waals surface area contributed by atoms with Crippen LogP contribution in [0.2, 0.25) is 0 Å². The third kappa shape index (κ3) is 4.03. The quantitative estimate of drug-likeness (QED) is 0.570. The molecule has 4 rings (SSSR count). The highest BCUT2D eigenvalue weighted by Crippen LogP contribution is 2.31. The van der Waals surface area contributed by atoms with E-state index in [0.29, 0.717) is 46.9 Å². The molecule has 6 nitrogen and oxygen atoms in total. The van der Waals surface area contributed by atoms with Crippen LogP contribution in [0, 0.1) is 5.82 Å². The Kier molecular flexibility index (Phi) is 5.37. The Hall–Kier alpha value is -2.36. The standard InChI is InChI=1S/C20H19FN2O4S2/c1-13(24)14-5-7-16(8-6-14)29(25,26)23-11-9-15(10-12-23)27-20-22-19-17(21)3-2-4-18(19)28-20/h2-8,15H,9-12H2,1H3. The Bertz CT molecular complexity index is 1150. The van der Waals surface area contributed by atoms with Crippen LogP contribution < -0.4 is 4.74 Å². The topological polar surface area (TPSA) is 76.6 Å². The number of thiazole rings is 1. The molecule has 9 heteroatoms. The van der Waals surface area contributed by atoms with Crippen molar-refractivity contribution >= 4 is 37.4 Å². The molecule has 2 aromatic carbocycles. The number of rotatable bonds is 5. The Morgan fingerprint density at radius 3 is 2.48 bits per heavy atom. The van der Waals surface area contributed by atoms with Crippen LogP contribution in [0.3, 0.4) is 0 Å². The largest absolute Gasteiger partial charge is 0.467 e. The first-order valence-electron chi connectivity index (χ1n) is 9.17. The molecule has 1 aliphatic rings. The van der Waals surface area contributed by atoms with E-state index in [0.717, 1.165) is 0 Å². The normalized spacial score (nSPS) is 16.2. The van der Waals surface area contributed by atoms with Crippen LogP contribution in [-0.2, 0) is 10.0 Å². The van der Waals surface area contributed by atoms with Gasteiger partial charge in [-0.3, -0.25) is 4.79 Å². The number of fused-ring (bicyclic) bond motifs is 1. The summed E-state index contributed by atoms with van der Waals surface area (Å²) in [7, 11) is -3.62. The fraction of sp³-hybridized carbons (Fsp3) is 0.300. The number of nitrogens with zero attached hydrogens (tertiary/aromatic N) is 2. The van der Waals surface area contributed by atoms with Crippen molar-refractivity contribution in [2.75, 3.05) is 13.1 Å². The highest BCUT2D eigenvalue weighted by atomic mass is 32.2. The van der Waals surface area contributed by atoms with Gasteiger partial charge in [0.05, 0.1) is 9.60 Å². The van der Waals surface area contributed by atoms with Crippen molar-refractivity contribution in [3.05, 3.63) is 53.8 Å². The highest BCUT2D eigenvalue weighted by molar-refractivity contribution is 7.89. The zero-order chi connectivity index (χ0) is 20.6. The predicted molar refractivity (Wildman–Crippen MR) is 108 cm³/mol. The first-order valence-corrected chi connectivity index (χ1v) is 11.4. The van der Waals surface area contributed by atoms with Gasteiger partial charge in [-0.2, -0.15) is 9.29 Å². The van der Waals surface area contributed by atoms with Gasteiger partial charge in [0.25, 0.3) is 5.19 Å². The molecule has 0 spiro atoms. The lowest BCUT2D eigenvalue weighted by atomic mass is 10.1. The van der Waals surface area contributed by atoms with Gasteiger partial charge in [0.1, 0.15) is 17.4 Å². The van der Waals surface area contributed by atoms with E-state index in [9.17, 15) is 17.6 Å². The van der Waals surface area contributed by atoms with E-state index < -0.39 is 10.0 Å². The van der Waals surface area contributed by atoms with Gasteiger partial charge in [-0.25, -0.2) is 12.8 Å². The maximum absolute atomic E-state index is 13.8. The van der Waals surface area contributed by atoms with E-state index in [-0.39, 0.29) is 22.6 Å². The predicted octanol–water partition coefficient (Wildman–Crippen LogP) is 3.87. The van der Waals surface area contributed by atoms with E-state index in [1.807, 2.05) is 0 Å².